The van der Waals surface area contributed by atoms with Gasteiger partial charge in [-0.3, -0.25) is 0 Å². The van der Waals surface area contributed by atoms with Crippen LogP contribution in [0.25, 0.3) is 0 Å². The maximum atomic E-state index is 2.26. The first-order chi connectivity index (χ1) is 6.63. The molecule has 0 spiro atoms. The lowest BCUT2D eigenvalue weighted by atomic mass is 10.2. The zero-order valence-electron chi connectivity index (χ0n) is 9.69. The van der Waals surface area contributed by atoms with Crippen LogP contribution in [0.15, 0.2) is 24.3 Å². The molecule has 0 aromatic rings. The monoisotopic (exact) mass is 230 g/mol. The van der Waals surface area contributed by atoms with Crippen LogP contribution in [0, 0.1) is 11.8 Å². The van der Waals surface area contributed by atoms with Crippen molar-refractivity contribution in [1.82, 2.24) is 0 Å². The maximum absolute atomic E-state index is 2.26. The average molecular weight is 230 g/mol. The van der Waals surface area contributed by atoms with Gasteiger partial charge in [0.2, 0.25) is 0 Å². The molecule has 0 aliphatic rings. The molecule has 0 aliphatic carbocycles. The summed E-state index contributed by atoms with van der Waals surface area (Å²) >= 11 is 0. The summed E-state index contributed by atoms with van der Waals surface area (Å²) in [5.74, 6) is 3.61. The van der Waals surface area contributed by atoms with Crippen molar-refractivity contribution in [3.05, 3.63) is 24.3 Å². The summed E-state index contributed by atoms with van der Waals surface area (Å²) in [7, 11) is 3.85. The van der Waals surface area contributed by atoms with Gasteiger partial charge in [0.05, 0.1) is 0 Å². The Morgan fingerprint density at radius 3 is 1.43 bits per heavy atom. The third kappa shape index (κ3) is 12.2. The summed E-state index contributed by atoms with van der Waals surface area (Å²) < 4.78 is 0. The molecule has 82 valence electrons. The van der Waals surface area contributed by atoms with Gasteiger partial charge in [-0.1, -0.05) is 73.6 Å². The van der Waals surface area contributed by atoms with E-state index in [1.165, 1.54) is 0 Å². The Morgan fingerprint density at radius 2 is 1.14 bits per heavy atom. The van der Waals surface area contributed by atoms with Crippen molar-refractivity contribution in [3.63, 3.8) is 0 Å². The van der Waals surface area contributed by atoms with E-state index in [2.05, 4.69) is 52.0 Å². The van der Waals surface area contributed by atoms with E-state index in [4.69, 9.17) is 0 Å². The molecule has 0 atom stereocenters. The molecule has 0 saturated carbocycles. The van der Waals surface area contributed by atoms with Gasteiger partial charge < -0.3 is 0 Å². The molecule has 0 nitrogen and oxygen atoms in total. The molecule has 0 unspecified atom stereocenters. The minimum atomic E-state index is 0.682. The second-order valence-corrected chi connectivity index (χ2v) is 6.47. The first kappa shape index (κ1) is 14.2. The van der Waals surface area contributed by atoms with Gasteiger partial charge in [-0.25, -0.2) is 0 Å². The largest absolute Gasteiger partial charge is 0.0897 e. The molecule has 0 aromatic heterocycles. The number of allylic oxidation sites excluding steroid dienone is 2. The van der Waals surface area contributed by atoms with Crippen molar-refractivity contribution < 1.29 is 0 Å². The van der Waals surface area contributed by atoms with Gasteiger partial charge in [-0.2, -0.15) is 0 Å². The van der Waals surface area contributed by atoms with Gasteiger partial charge in [-0.15, -0.1) is 0 Å². The highest BCUT2D eigenvalue weighted by molar-refractivity contribution is 8.76. The molecular weight excluding hydrogens is 208 g/mol. The Bertz CT molecular complexity index is 149. The molecule has 0 N–H and O–H groups in total. The van der Waals surface area contributed by atoms with E-state index in [1.54, 1.807) is 0 Å². The maximum Gasteiger partial charge on any atom is 0.0218 e. The van der Waals surface area contributed by atoms with E-state index < -0.39 is 0 Å². The van der Waals surface area contributed by atoms with Crippen LogP contribution < -0.4 is 0 Å². The topological polar surface area (TPSA) is 0 Å². The fourth-order valence-electron chi connectivity index (χ4n) is 0.830. The standard InChI is InChI=1S/C12H22S2/c1-11(2)7-5-9-13-14-10-6-8-12(3)4/h5-8,11-12H,9-10H2,1-4H3. The fraction of sp³-hybridized carbons (Fsp3) is 0.667. The summed E-state index contributed by atoms with van der Waals surface area (Å²) in [5, 5.41) is 0. The minimum Gasteiger partial charge on any atom is -0.0897 e. The summed E-state index contributed by atoms with van der Waals surface area (Å²) in [6, 6.07) is 0. The molecular formula is C12H22S2. The Balaban J connectivity index is 3.22. The highest BCUT2D eigenvalue weighted by Crippen LogP contribution is 2.21. The van der Waals surface area contributed by atoms with Crippen molar-refractivity contribution in [1.29, 1.82) is 0 Å². The second kappa shape index (κ2) is 9.72. The predicted octanol–water partition coefficient (Wildman–Crippen LogP) is 4.79. The smallest absolute Gasteiger partial charge is 0.0218 e. The first-order valence-electron chi connectivity index (χ1n) is 5.20. The van der Waals surface area contributed by atoms with E-state index in [0.29, 0.717) is 11.8 Å². The second-order valence-electron chi connectivity index (χ2n) is 3.91. The van der Waals surface area contributed by atoms with Crippen LogP contribution in [0.5, 0.6) is 0 Å². The van der Waals surface area contributed by atoms with Crippen molar-refractivity contribution in [3.8, 4) is 0 Å². The summed E-state index contributed by atoms with van der Waals surface area (Å²) in [6.45, 7) is 8.83. The summed E-state index contributed by atoms with van der Waals surface area (Å²) in [4.78, 5) is 0. The van der Waals surface area contributed by atoms with Crippen molar-refractivity contribution >= 4 is 21.6 Å². The quantitative estimate of drug-likeness (QED) is 0.350. The van der Waals surface area contributed by atoms with Crippen LogP contribution in [0.1, 0.15) is 27.7 Å². The molecule has 0 aliphatic heterocycles. The van der Waals surface area contributed by atoms with Gasteiger partial charge in [0.25, 0.3) is 0 Å². The molecule has 0 rings (SSSR count). The van der Waals surface area contributed by atoms with Gasteiger partial charge in [0, 0.05) is 11.5 Å². The number of hydrogen-bond donors (Lipinski definition) is 0. The number of hydrogen-bond acceptors (Lipinski definition) is 2. The fourth-order valence-corrected chi connectivity index (χ4v) is 2.45. The van der Waals surface area contributed by atoms with Crippen molar-refractivity contribution in [2.75, 3.05) is 11.5 Å². The zero-order valence-corrected chi connectivity index (χ0v) is 11.3. The molecule has 0 amide bonds. The molecule has 0 fully saturated rings. The van der Waals surface area contributed by atoms with Crippen molar-refractivity contribution in [2.45, 2.75) is 27.7 Å². The van der Waals surface area contributed by atoms with Crippen LogP contribution >= 0.6 is 21.6 Å². The lowest BCUT2D eigenvalue weighted by Gasteiger charge is -1.96. The van der Waals surface area contributed by atoms with Crippen LogP contribution in [0.3, 0.4) is 0 Å². The van der Waals surface area contributed by atoms with Gasteiger partial charge >= 0.3 is 0 Å². The molecule has 14 heavy (non-hydrogen) atoms. The van der Waals surface area contributed by atoms with E-state index in [0.717, 1.165) is 11.5 Å². The Hall–Kier alpha value is 0.180. The summed E-state index contributed by atoms with van der Waals surface area (Å²) in [6.07, 6.45) is 9.04. The first-order valence-corrected chi connectivity index (χ1v) is 7.69. The van der Waals surface area contributed by atoms with Crippen LogP contribution in [0.2, 0.25) is 0 Å². The van der Waals surface area contributed by atoms with E-state index in [-0.39, 0.29) is 0 Å². The molecule has 0 bridgehead atoms. The molecule has 0 aromatic carbocycles. The van der Waals surface area contributed by atoms with Crippen molar-refractivity contribution in [2.24, 2.45) is 11.8 Å². The molecule has 0 heterocycles. The normalized spacial score (nSPS) is 12.7. The van der Waals surface area contributed by atoms with Crippen LogP contribution in [0.4, 0.5) is 0 Å². The molecule has 2 heteroatoms. The Morgan fingerprint density at radius 1 is 0.786 bits per heavy atom. The lowest BCUT2D eigenvalue weighted by molar-refractivity contribution is 0.830. The van der Waals surface area contributed by atoms with E-state index in [1.807, 2.05) is 21.6 Å². The van der Waals surface area contributed by atoms with Gasteiger partial charge in [0.15, 0.2) is 0 Å². The predicted molar refractivity (Wildman–Crippen MR) is 72.9 cm³/mol. The molecule has 0 radical (unpaired) electrons. The average Bonchev–Trinajstić information content (AvgIpc) is 2.08. The Labute approximate surface area is 97.0 Å². The highest BCUT2D eigenvalue weighted by Gasteiger charge is 1.87. The summed E-state index contributed by atoms with van der Waals surface area (Å²) in [5.41, 5.74) is 0. The zero-order chi connectivity index (χ0) is 10.8. The van der Waals surface area contributed by atoms with Crippen LogP contribution in [-0.2, 0) is 0 Å². The van der Waals surface area contributed by atoms with Crippen LogP contribution in [-0.4, -0.2) is 11.5 Å². The van der Waals surface area contributed by atoms with E-state index >= 15 is 0 Å². The van der Waals surface area contributed by atoms with Gasteiger partial charge in [-0.05, 0) is 11.8 Å². The lowest BCUT2D eigenvalue weighted by Crippen LogP contribution is -1.79. The minimum absolute atomic E-state index is 0.682. The third-order valence-corrected chi connectivity index (χ3v) is 3.59. The third-order valence-electron chi connectivity index (χ3n) is 1.45. The number of rotatable bonds is 7. The van der Waals surface area contributed by atoms with E-state index in [9.17, 15) is 0 Å². The van der Waals surface area contributed by atoms with Gasteiger partial charge in [0.1, 0.15) is 0 Å². The Kier molecular flexibility index (Phi) is 9.85. The highest BCUT2D eigenvalue weighted by atomic mass is 33.1. The molecule has 0 saturated heterocycles. The SMILES string of the molecule is CC(C)C=CCSSCC=CC(C)C.